The maximum absolute atomic E-state index is 14.6. The van der Waals surface area contributed by atoms with Gasteiger partial charge in [-0.1, -0.05) is 19.4 Å². The van der Waals surface area contributed by atoms with E-state index in [1.165, 1.54) is 6.07 Å². The molecule has 2 aromatic rings. The first-order chi connectivity index (χ1) is 15.4. The lowest BCUT2D eigenvalue weighted by Crippen LogP contribution is -2.24. The first-order valence-electron chi connectivity index (χ1n) is 10.5. The van der Waals surface area contributed by atoms with Crippen LogP contribution in [0.5, 0.6) is 5.75 Å². The number of rotatable bonds is 6. The predicted octanol–water partition coefficient (Wildman–Crippen LogP) is 8.49. The summed E-state index contributed by atoms with van der Waals surface area (Å²) in [6.45, 7) is 2.10. The van der Waals surface area contributed by atoms with E-state index in [1.807, 2.05) is 0 Å². The van der Waals surface area contributed by atoms with Crippen LogP contribution in [0.2, 0.25) is 0 Å². The van der Waals surface area contributed by atoms with E-state index in [9.17, 15) is 35.1 Å². The number of hydrogen-bond donors (Lipinski definition) is 0. The molecule has 0 amide bonds. The molecule has 0 aliphatic heterocycles. The first kappa shape index (κ1) is 25.1. The van der Waals surface area contributed by atoms with Gasteiger partial charge < -0.3 is 4.74 Å². The molecule has 0 atom stereocenters. The van der Waals surface area contributed by atoms with E-state index in [4.69, 9.17) is 0 Å². The molecule has 0 N–H and O–H groups in total. The molecule has 3 rings (SSSR count). The molecule has 9 heteroatoms. The van der Waals surface area contributed by atoms with Crippen LogP contribution in [0.1, 0.15) is 61.6 Å². The van der Waals surface area contributed by atoms with Crippen molar-refractivity contribution in [1.29, 1.82) is 0 Å². The summed E-state index contributed by atoms with van der Waals surface area (Å²) in [5, 5.41) is 0. The van der Waals surface area contributed by atoms with Gasteiger partial charge in [0.2, 0.25) is 0 Å². The molecule has 1 saturated carbocycles. The normalized spacial score (nSPS) is 19.8. The number of halogens is 8. The Morgan fingerprint density at radius 3 is 2.00 bits per heavy atom. The summed E-state index contributed by atoms with van der Waals surface area (Å²) in [6.07, 6.45) is -4.66. The SMILES string of the molecule is CCC1CCC(c2ccc(C(F)(F)Oc3cc(F)c(C=CC(F)(F)F)c(F)c3)c(F)c2)CC1. The summed E-state index contributed by atoms with van der Waals surface area (Å²) in [6, 6.07) is 3.91. The number of benzene rings is 2. The standard InChI is InChI=1S/C24H22F8O/c1-2-14-3-5-15(6-4-14)16-7-8-19(22(27)11-16)24(31,32)33-17-12-20(25)18(21(26)13-17)9-10-23(28,29)30/h7-15H,2-6H2,1H3. The lowest BCUT2D eigenvalue weighted by atomic mass is 9.78. The number of allylic oxidation sites excluding steroid dienone is 1. The van der Waals surface area contributed by atoms with E-state index in [1.54, 1.807) is 0 Å². The van der Waals surface area contributed by atoms with Crippen LogP contribution in [0.4, 0.5) is 35.1 Å². The molecule has 180 valence electrons. The zero-order valence-corrected chi connectivity index (χ0v) is 17.7. The van der Waals surface area contributed by atoms with Crippen molar-refractivity contribution in [3.05, 3.63) is 70.5 Å². The van der Waals surface area contributed by atoms with Gasteiger partial charge in [0, 0.05) is 23.8 Å². The average molecular weight is 478 g/mol. The zero-order valence-electron chi connectivity index (χ0n) is 17.7. The van der Waals surface area contributed by atoms with Gasteiger partial charge in [-0.25, -0.2) is 13.2 Å². The Bertz CT molecular complexity index is 981. The summed E-state index contributed by atoms with van der Waals surface area (Å²) in [5.74, 6) is -4.63. The van der Waals surface area contributed by atoms with Crippen LogP contribution in [0.15, 0.2) is 36.4 Å². The van der Waals surface area contributed by atoms with Crippen LogP contribution in [-0.4, -0.2) is 6.18 Å². The van der Waals surface area contributed by atoms with Gasteiger partial charge >= 0.3 is 12.3 Å². The monoisotopic (exact) mass is 478 g/mol. The Balaban J connectivity index is 1.78. The smallest absolute Gasteiger partial charge is 0.429 e. The van der Waals surface area contributed by atoms with Gasteiger partial charge in [-0.05, 0) is 61.3 Å². The van der Waals surface area contributed by atoms with Crippen molar-refractivity contribution < 1.29 is 39.9 Å². The Kier molecular flexibility index (Phi) is 7.39. The molecule has 0 unspecified atom stereocenters. The highest BCUT2D eigenvalue weighted by atomic mass is 19.4. The van der Waals surface area contributed by atoms with Crippen molar-refractivity contribution in [1.82, 2.24) is 0 Å². The van der Waals surface area contributed by atoms with Crippen LogP contribution >= 0.6 is 0 Å². The molecule has 2 aromatic carbocycles. The molecule has 1 aliphatic carbocycles. The fourth-order valence-electron chi connectivity index (χ4n) is 4.09. The highest BCUT2D eigenvalue weighted by molar-refractivity contribution is 5.53. The number of alkyl halides is 5. The van der Waals surface area contributed by atoms with Crippen molar-refractivity contribution in [2.75, 3.05) is 0 Å². The Morgan fingerprint density at radius 2 is 1.48 bits per heavy atom. The van der Waals surface area contributed by atoms with Crippen LogP contribution in [0, 0.1) is 23.4 Å². The maximum Gasteiger partial charge on any atom is 0.429 e. The molecular weight excluding hydrogens is 456 g/mol. The lowest BCUT2D eigenvalue weighted by Gasteiger charge is -2.28. The van der Waals surface area contributed by atoms with Gasteiger partial charge in [0.05, 0.1) is 5.56 Å². The van der Waals surface area contributed by atoms with Crippen LogP contribution < -0.4 is 4.74 Å². The van der Waals surface area contributed by atoms with Gasteiger partial charge in [-0.2, -0.15) is 22.0 Å². The molecule has 0 radical (unpaired) electrons. The van der Waals surface area contributed by atoms with Crippen LogP contribution in [0.3, 0.4) is 0 Å². The number of ether oxygens (including phenoxy) is 1. The molecule has 1 nitrogen and oxygen atoms in total. The van der Waals surface area contributed by atoms with E-state index in [0.717, 1.165) is 44.2 Å². The predicted molar refractivity (Wildman–Crippen MR) is 107 cm³/mol. The molecular formula is C24H22F8O. The van der Waals surface area contributed by atoms with Crippen LogP contribution in [0.25, 0.3) is 6.08 Å². The van der Waals surface area contributed by atoms with Gasteiger partial charge in [-0.15, -0.1) is 0 Å². The summed E-state index contributed by atoms with van der Waals surface area (Å²) >= 11 is 0. The van der Waals surface area contributed by atoms with Crippen molar-refractivity contribution in [2.24, 2.45) is 5.92 Å². The lowest BCUT2D eigenvalue weighted by molar-refractivity contribution is -0.187. The van der Waals surface area contributed by atoms with Crippen LogP contribution in [-0.2, 0) is 6.11 Å². The van der Waals surface area contributed by atoms with Gasteiger partial charge in [0.1, 0.15) is 23.2 Å². The Labute approximate surface area is 186 Å². The maximum atomic E-state index is 14.6. The molecule has 0 spiro atoms. The molecule has 1 aliphatic rings. The van der Waals surface area contributed by atoms with E-state index in [2.05, 4.69) is 11.7 Å². The average Bonchev–Trinajstić information content (AvgIpc) is 2.71. The van der Waals surface area contributed by atoms with E-state index < -0.39 is 52.7 Å². The third-order valence-electron chi connectivity index (χ3n) is 5.94. The highest BCUT2D eigenvalue weighted by Crippen LogP contribution is 2.40. The second kappa shape index (κ2) is 9.73. The van der Waals surface area contributed by atoms with Crippen molar-refractivity contribution in [3.63, 3.8) is 0 Å². The molecule has 33 heavy (non-hydrogen) atoms. The van der Waals surface area contributed by atoms with Crippen molar-refractivity contribution in [3.8, 4) is 5.75 Å². The fourth-order valence-corrected chi connectivity index (χ4v) is 4.09. The van der Waals surface area contributed by atoms with E-state index in [0.29, 0.717) is 23.6 Å². The van der Waals surface area contributed by atoms with Crippen molar-refractivity contribution >= 4 is 6.08 Å². The zero-order chi connectivity index (χ0) is 24.4. The third-order valence-corrected chi connectivity index (χ3v) is 5.94. The quantitative estimate of drug-likeness (QED) is 0.378. The van der Waals surface area contributed by atoms with E-state index in [-0.39, 0.29) is 12.0 Å². The van der Waals surface area contributed by atoms with E-state index >= 15 is 0 Å². The molecule has 0 bridgehead atoms. The summed E-state index contributed by atoms with van der Waals surface area (Å²) in [5.41, 5.74) is -1.59. The largest absolute Gasteiger partial charge is 0.429 e. The minimum Gasteiger partial charge on any atom is -0.429 e. The number of hydrogen-bond acceptors (Lipinski definition) is 1. The Hall–Kier alpha value is -2.58. The van der Waals surface area contributed by atoms with Gasteiger partial charge in [0.15, 0.2) is 0 Å². The summed E-state index contributed by atoms with van der Waals surface area (Å²) in [4.78, 5) is 0. The topological polar surface area (TPSA) is 9.23 Å². The minimum absolute atomic E-state index is 0.0615. The first-order valence-corrected chi connectivity index (χ1v) is 10.5. The van der Waals surface area contributed by atoms with Crippen molar-refractivity contribution in [2.45, 2.75) is 57.2 Å². The van der Waals surface area contributed by atoms with Gasteiger partial charge in [-0.3, -0.25) is 0 Å². The third kappa shape index (κ3) is 6.26. The molecule has 1 fully saturated rings. The molecule has 0 heterocycles. The molecule has 0 saturated heterocycles. The molecule has 0 aromatic heterocycles. The fraction of sp³-hybridized carbons (Fsp3) is 0.417. The second-order valence-corrected chi connectivity index (χ2v) is 8.16. The van der Waals surface area contributed by atoms with Gasteiger partial charge in [0.25, 0.3) is 0 Å². The summed E-state index contributed by atoms with van der Waals surface area (Å²) < 4.78 is 113. The second-order valence-electron chi connectivity index (χ2n) is 8.16. The Morgan fingerprint density at radius 1 is 0.879 bits per heavy atom. The summed E-state index contributed by atoms with van der Waals surface area (Å²) in [7, 11) is 0. The minimum atomic E-state index is -4.82. The highest BCUT2D eigenvalue weighted by Gasteiger charge is 2.38.